The van der Waals surface area contributed by atoms with E-state index in [9.17, 15) is 9.59 Å². The van der Waals surface area contributed by atoms with Crippen molar-refractivity contribution in [3.63, 3.8) is 0 Å². The van der Waals surface area contributed by atoms with Crippen LogP contribution in [0.4, 0.5) is 0 Å². The molecule has 0 saturated carbocycles. The van der Waals surface area contributed by atoms with Crippen LogP contribution in [0.3, 0.4) is 0 Å². The Morgan fingerprint density at radius 1 is 1.22 bits per heavy atom. The normalized spacial score (nSPS) is 17.0. The Hall–Kier alpha value is -2.82. The molecule has 0 aliphatic heterocycles. The van der Waals surface area contributed by atoms with Crippen LogP contribution in [0.15, 0.2) is 56.3 Å². The Morgan fingerprint density at radius 3 is 3.00 bits per heavy atom. The van der Waals surface area contributed by atoms with Crippen LogP contribution in [0.2, 0.25) is 0 Å². The van der Waals surface area contributed by atoms with Gasteiger partial charge in [0.25, 0.3) is 5.91 Å². The van der Waals surface area contributed by atoms with E-state index in [1.54, 1.807) is 24.5 Å². The molecule has 0 radical (unpaired) electrons. The molecule has 1 aromatic carbocycles. The van der Waals surface area contributed by atoms with Gasteiger partial charge < -0.3 is 14.2 Å². The molecule has 5 nitrogen and oxygen atoms in total. The lowest BCUT2D eigenvalue weighted by molar-refractivity contribution is 0.0928. The van der Waals surface area contributed by atoms with E-state index in [0.29, 0.717) is 5.58 Å². The number of hydrogen-bond acceptors (Lipinski definition) is 4. The molecular formula is C18H15NO4. The first kappa shape index (κ1) is 13.8. The third-order valence-corrected chi connectivity index (χ3v) is 4.24. The zero-order chi connectivity index (χ0) is 15.8. The second-order valence-electron chi connectivity index (χ2n) is 5.70. The molecule has 1 aliphatic rings. The SMILES string of the molecule is O=C(NC1CCCc2occc21)c1cc2ccccc2oc1=O. The molecule has 1 atom stereocenters. The van der Waals surface area contributed by atoms with Crippen LogP contribution in [-0.2, 0) is 6.42 Å². The highest BCUT2D eigenvalue weighted by Crippen LogP contribution is 2.30. The van der Waals surface area contributed by atoms with Crippen molar-refractivity contribution < 1.29 is 13.6 Å². The van der Waals surface area contributed by atoms with Crippen molar-refractivity contribution in [1.29, 1.82) is 0 Å². The van der Waals surface area contributed by atoms with Crippen LogP contribution in [-0.4, -0.2) is 5.91 Å². The highest BCUT2D eigenvalue weighted by Gasteiger charge is 2.25. The first-order chi connectivity index (χ1) is 11.2. The zero-order valence-corrected chi connectivity index (χ0v) is 12.4. The fourth-order valence-corrected chi connectivity index (χ4v) is 3.09. The summed E-state index contributed by atoms with van der Waals surface area (Å²) in [4.78, 5) is 24.6. The quantitative estimate of drug-likeness (QED) is 0.738. The molecule has 3 aromatic rings. The predicted molar refractivity (Wildman–Crippen MR) is 84.3 cm³/mol. The first-order valence-corrected chi connectivity index (χ1v) is 7.62. The fraction of sp³-hybridized carbons (Fsp3) is 0.222. The molecular weight excluding hydrogens is 294 g/mol. The molecule has 5 heteroatoms. The molecule has 2 aromatic heterocycles. The summed E-state index contributed by atoms with van der Waals surface area (Å²) in [6, 6.07) is 10.5. The standard InChI is InChI=1S/C18H15NO4/c20-17(19-14-5-3-7-16-12(14)8-9-22-16)13-10-11-4-1-2-6-15(11)23-18(13)21/h1-2,4,6,8-10,14H,3,5,7H2,(H,19,20). The molecule has 0 bridgehead atoms. The largest absolute Gasteiger partial charge is 0.469 e. The minimum Gasteiger partial charge on any atom is -0.469 e. The Morgan fingerprint density at radius 2 is 2.09 bits per heavy atom. The Bertz CT molecular complexity index is 937. The number of rotatable bonds is 2. The van der Waals surface area contributed by atoms with Crippen molar-refractivity contribution in [3.05, 3.63) is 70.0 Å². The molecule has 1 unspecified atom stereocenters. The fourth-order valence-electron chi connectivity index (χ4n) is 3.09. The number of carbonyl (C=O) groups excluding carboxylic acids is 1. The summed E-state index contributed by atoms with van der Waals surface area (Å²) in [7, 11) is 0. The molecule has 0 fully saturated rings. The molecule has 1 amide bonds. The second-order valence-corrected chi connectivity index (χ2v) is 5.70. The van der Waals surface area contributed by atoms with Gasteiger partial charge in [-0.1, -0.05) is 18.2 Å². The van der Waals surface area contributed by atoms with Gasteiger partial charge in [0.2, 0.25) is 0 Å². The van der Waals surface area contributed by atoms with E-state index < -0.39 is 11.5 Å². The highest BCUT2D eigenvalue weighted by molar-refractivity contribution is 5.96. The maximum Gasteiger partial charge on any atom is 0.349 e. The van der Waals surface area contributed by atoms with E-state index >= 15 is 0 Å². The van der Waals surface area contributed by atoms with Crippen molar-refractivity contribution in [3.8, 4) is 0 Å². The van der Waals surface area contributed by atoms with Crippen molar-refractivity contribution in [2.45, 2.75) is 25.3 Å². The molecule has 1 aliphatic carbocycles. The van der Waals surface area contributed by atoms with Gasteiger partial charge in [0.1, 0.15) is 16.9 Å². The molecule has 4 rings (SSSR count). The summed E-state index contributed by atoms with van der Waals surface area (Å²) in [5.41, 5.74) is 0.877. The summed E-state index contributed by atoms with van der Waals surface area (Å²) < 4.78 is 10.6. The van der Waals surface area contributed by atoms with Crippen LogP contribution in [0.1, 0.15) is 40.6 Å². The van der Waals surface area contributed by atoms with Crippen LogP contribution in [0.25, 0.3) is 11.0 Å². The number of aryl methyl sites for hydroxylation is 1. The Kier molecular flexibility index (Phi) is 3.26. The van der Waals surface area contributed by atoms with Crippen molar-refractivity contribution in [2.75, 3.05) is 0 Å². The monoisotopic (exact) mass is 309 g/mol. The van der Waals surface area contributed by atoms with E-state index in [1.165, 1.54) is 0 Å². The van der Waals surface area contributed by atoms with Crippen molar-refractivity contribution >= 4 is 16.9 Å². The number of hydrogen-bond donors (Lipinski definition) is 1. The highest BCUT2D eigenvalue weighted by atomic mass is 16.4. The molecule has 2 heterocycles. The summed E-state index contributed by atoms with van der Waals surface area (Å²) in [6.45, 7) is 0. The van der Waals surface area contributed by atoms with Gasteiger partial charge in [0, 0.05) is 17.4 Å². The number of benzene rings is 1. The summed E-state index contributed by atoms with van der Waals surface area (Å²) in [5.74, 6) is 0.496. The minimum atomic E-state index is -0.621. The first-order valence-electron chi connectivity index (χ1n) is 7.62. The molecule has 23 heavy (non-hydrogen) atoms. The smallest absolute Gasteiger partial charge is 0.349 e. The lowest BCUT2D eigenvalue weighted by atomic mass is 9.93. The van der Waals surface area contributed by atoms with Gasteiger partial charge in [-0.25, -0.2) is 4.79 Å². The van der Waals surface area contributed by atoms with Crippen LogP contribution in [0.5, 0.6) is 0 Å². The summed E-state index contributed by atoms with van der Waals surface area (Å²) in [6.07, 6.45) is 4.29. The number of fused-ring (bicyclic) bond motifs is 2. The topological polar surface area (TPSA) is 72.5 Å². The third kappa shape index (κ3) is 2.44. The minimum absolute atomic E-state index is 0.0271. The maximum absolute atomic E-state index is 12.5. The molecule has 1 N–H and O–H groups in total. The average molecular weight is 309 g/mol. The number of nitrogens with one attached hydrogen (secondary N) is 1. The Balaban J connectivity index is 1.66. The number of amides is 1. The van der Waals surface area contributed by atoms with Gasteiger partial charge in [0.15, 0.2) is 0 Å². The molecule has 0 spiro atoms. The van der Waals surface area contributed by atoms with Crippen molar-refractivity contribution in [1.82, 2.24) is 5.32 Å². The van der Waals surface area contributed by atoms with Crippen LogP contribution >= 0.6 is 0 Å². The van der Waals surface area contributed by atoms with Crippen LogP contribution < -0.4 is 10.9 Å². The van der Waals surface area contributed by atoms with E-state index in [2.05, 4.69) is 5.32 Å². The van der Waals surface area contributed by atoms with Gasteiger partial charge >= 0.3 is 5.63 Å². The van der Waals surface area contributed by atoms with Gasteiger partial charge in [0.05, 0.1) is 12.3 Å². The van der Waals surface area contributed by atoms with Gasteiger partial charge in [-0.3, -0.25) is 4.79 Å². The maximum atomic E-state index is 12.5. The molecule has 0 saturated heterocycles. The summed E-state index contributed by atoms with van der Waals surface area (Å²) in [5, 5.41) is 3.65. The van der Waals surface area contributed by atoms with Crippen molar-refractivity contribution in [2.24, 2.45) is 0 Å². The number of carbonyl (C=O) groups is 1. The average Bonchev–Trinajstić information content (AvgIpc) is 3.04. The second kappa shape index (κ2) is 5.43. The van der Waals surface area contributed by atoms with E-state index in [0.717, 1.165) is 36.0 Å². The number of furan rings is 1. The zero-order valence-electron chi connectivity index (χ0n) is 12.4. The van der Waals surface area contributed by atoms with E-state index in [1.807, 2.05) is 18.2 Å². The van der Waals surface area contributed by atoms with E-state index in [-0.39, 0.29) is 11.6 Å². The lowest BCUT2D eigenvalue weighted by Gasteiger charge is -2.22. The predicted octanol–water partition coefficient (Wildman–Crippen LogP) is 3.19. The lowest BCUT2D eigenvalue weighted by Crippen LogP contribution is -2.33. The van der Waals surface area contributed by atoms with Gasteiger partial charge in [-0.2, -0.15) is 0 Å². The summed E-state index contributed by atoms with van der Waals surface area (Å²) >= 11 is 0. The third-order valence-electron chi connectivity index (χ3n) is 4.24. The van der Waals surface area contributed by atoms with Gasteiger partial charge in [-0.05, 0) is 31.0 Å². The van der Waals surface area contributed by atoms with E-state index in [4.69, 9.17) is 8.83 Å². The van der Waals surface area contributed by atoms with Crippen LogP contribution in [0, 0.1) is 0 Å². The van der Waals surface area contributed by atoms with Gasteiger partial charge in [-0.15, -0.1) is 0 Å². The Labute approximate surface area is 131 Å². The number of para-hydroxylation sites is 1. The molecule has 116 valence electrons.